The van der Waals surface area contributed by atoms with Gasteiger partial charge in [-0.3, -0.25) is 0 Å². The van der Waals surface area contributed by atoms with E-state index in [1.54, 1.807) is 6.07 Å². The van der Waals surface area contributed by atoms with Gasteiger partial charge in [0.15, 0.2) is 5.76 Å². The molecule has 2 aromatic rings. The fraction of sp³-hybridized carbons (Fsp3) is 0.0909. The third-order valence-electron chi connectivity index (χ3n) is 2.15. The SMILES string of the molecule is OC(c1cc(F)ccc1Cl)c1occc1Br. The number of aliphatic hydroxyl groups excluding tert-OH is 1. The zero-order valence-corrected chi connectivity index (χ0v) is 10.3. The molecule has 0 saturated carbocycles. The van der Waals surface area contributed by atoms with E-state index in [-0.39, 0.29) is 10.6 Å². The molecule has 0 fully saturated rings. The molecule has 1 aromatic heterocycles. The van der Waals surface area contributed by atoms with Crippen molar-refractivity contribution in [2.75, 3.05) is 0 Å². The van der Waals surface area contributed by atoms with Gasteiger partial charge < -0.3 is 9.52 Å². The highest BCUT2D eigenvalue weighted by molar-refractivity contribution is 9.10. The third-order valence-corrected chi connectivity index (χ3v) is 3.15. The molecule has 84 valence electrons. The standard InChI is InChI=1S/C11H7BrClFO2/c12-8-3-4-16-11(8)10(15)7-5-6(14)1-2-9(7)13/h1-5,10,15H. The monoisotopic (exact) mass is 304 g/mol. The first-order valence-electron chi connectivity index (χ1n) is 4.45. The number of hydrogen-bond donors (Lipinski definition) is 1. The van der Waals surface area contributed by atoms with Gasteiger partial charge in [-0.1, -0.05) is 11.6 Å². The van der Waals surface area contributed by atoms with Crippen molar-refractivity contribution in [1.82, 2.24) is 0 Å². The summed E-state index contributed by atoms with van der Waals surface area (Å²) >= 11 is 9.09. The van der Waals surface area contributed by atoms with E-state index in [1.165, 1.54) is 24.5 Å². The highest BCUT2D eigenvalue weighted by Crippen LogP contribution is 2.33. The molecule has 1 unspecified atom stereocenters. The van der Waals surface area contributed by atoms with E-state index in [9.17, 15) is 9.50 Å². The molecule has 5 heteroatoms. The lowest BCUT2D eigenvalue weighted by atomic mass is 10.1. The number of aliphatic hydroxyl groups is 1. The molecule has 1 N–H and O–H groups in total. The van der Waals surface area contributed by atoms with Gasteiger partial charge in [0.2, 0.25) is 0 Å². The van der Waals surface area contributed by atoms with Crippen LogP contribution in [-0.2, 0) is 0 Å². The fourth-order valence-corrected chi connectivity index (χ4v) is 2.01. The molecule has 2 rings (SSSR count). The van der Waals surface area contributed by atoms with Crippen LogP contribution in [0.1, 0.15) is 17.4 Å². The molecule has 0 bridgehead atoms. The molecule has 2 nitrogen and oxygen atoms in total. The van der Waals surface area contributed by atoms with E-state index >= 15 is 0 Å². The van der Waals surface area contributed by atoms with Crippen LogP contribution in [-0.4, -0.2) is 5.11 Å². The van der Waals surface area contributed by atoms with Crippen molar-refractivity contribution in [3.63, 3.8) is 0 Å². The molecule has 1 aromatic carbocycles. The van der Waals surface area contributed by atoms with Crippen molar-refractivity contribution >= 4 is 27.5 Å². The van der Waals surface area contributed by atoms with Crippen LogP contribution in [0.3, 0.4) is 0 Å². The maximum atomic E-state index is 13.0. The average Bonchev–Trinajstić information content (AvgIpc) is 2.67. The van der Waals surface area contributed by atoms with Gasteiger partial charge in [-0.15, -0.1) is 0 Å². The third kappa shape index (κ3) is 2.14. The molecule has 0 aliphatic rings. The zero-order valence-electron chi connectivity index (χ0n) is 7.95. The van der Waals surface area contributed by atoms with Gasteiger partial charge in [-0.2, -0.15) is 0 Å². The van der Waals surface area contributed by atoms with Gasteiger partial charge in [0.05, 0.1) is 10.7 Å². The normalized spacial score (nSPS) is 12.8. The topological polar surface area (TPSA) is 33.4 Å². The Hall–Kier alpha value is -0.840. The fourth-order valence-electron chi connectivity index (χ4n) is 1.37. The van der Waals surface area contributed by atoms with E-state index in [0.29, 0.717) is 10.2 Å². The maximum absolute atomic E-state index is 13.0. The number of rotatable bonds is 2. The second-order valence-electron chi connectivity index (χ2n) is 3.20. The number of hydrogen-bond acceptors (Lipinski definition) is 2. The number of halogens is 3. The Kier molecular flexibility index (Phi) is 3.33. The lowest BCUT2D eigenvalue weighted by molar-refractivity contribution is 0.188. The summed E-state index contributed by atoms with van der Waals surface area (Å²) in [5.41, 5.74) is 0.275. The summed E-state index contributed by atoms with van der Waals surface area (Å²) in [6.07, 6.45) is 0.336. The molecular formula is C11H7BrClFO2. The van der Waals surface area contributed by atoms with Gasteiger partial charge in [0.25, 0.3) is 0 Å². The molecule has 0 aliphatic carbocycles. The number of benzene rings is 1. The Morgan fingerprint density at radius 2 is 2.12 bits per heavy atom. The molecule has 0 radical (unpaired) electrons. The minimum atomic E-state index is -1.09. The van der Waals surface area contributed by atoms with E-state index in [4.69, 9.17) is 16.0 Å². The summed E-state index contributed by atoms with van der Waals surface area (Å²) in [6, 6.07) is 5.45. The van der Waals surface area contributed by atoms with Crippen molar-refractivity contribution in [3.05, 3.63) is 57.2 Å². The predicted molar refractivity (Wildman–Crippen MR) is 61.9 cm³/mol. The highest BCUT2D eigenvalue weighted by atomic mass is 79.9. The van der Waals surface area contributed by atoms with E-state index < -0.39 is 11.9 Å². The first-order valence-corrected chi connectivity index (χ1v) is 5.62. The van der Waals surface area contributed by atoms with Gasteiger partial charge in [0.1, 0.15) is 11.9 Å². The molecule has 0 saturated heterocycles. The Morgan fingerprint density at radius 1 is 1.38 bits per heavy atom. The van der Waals surface area contributed by atoms with Crippen LogP contribution in [0.2, 0.25) is 5.02 Å². The Labute approximate surface area is 105 Å². The zero-order chi connectivity index (χ0) is 11.7. The molecule has 1 atom stereocenters. The molecular weight excluding hydrogens is 298 g/mol. The second-order valence-corrected chi connectivity index (χ2v) is 4.46. The summed E-state index contributed by atoms with van der Waals surface area (Å²) in [5.74, 6) is -0.159. The molecule has 16 heavy (non-hydrogen) atoms. The van der Waals surface area contributed by atoms with E-state index in [2.05, 4.69) is 15.9 Å². The molecule has 0 amide bonds. The van der Waals surface area contributed by atoms with Gasteiger partial charge in [0, 0.05) is 10.6 Å². The van der Waals surface area contributed by atoms with Crippen molar-refractivity contribution in [3.8, 4) is 0 Å². The van der Waals surface area contributed by atoms with E-state index in [0.717, 1.165) is 0 Å². The lowest BCUT2D eigenvalue weighted by Gasteiger charge is -2.10. The summed E-state index contributed by atoms with van der Waals surface area (Å²) in [5, 5.41) is 10.3. The summed E-state index contributed by atoms with van der Waals surface area (Å²) in [4.78, 5) is 0. The Balaban J connectivity index is 2.45. The minimum Gasteiger partial charge on any atom is -0.465 e. The van der Waals surface area contributed by atoms with Crippen LogP contribution in [0.4, 0.5) is 4.39 Å². The van der Waals surface area contributed by atoms with Crippen LogP contribution >= 0.6 is 27.5 Å². The van der Waals surface area contributed by atoms with Gasteiger partial charge >= 0.3 is 0 Å². The largest absolute Gasteiger partial charge is 0.465 e. The highest BCUT2D eigenvalue weighted by Gasteiger charge is 2.20. The Bertz CT molecular complexity index is 512. The first kappa shape index (κ1) is 11.6. The van der Waals surface area contributed by atoms with Crippen molar-refractivity contribution in [2.45, 2.75) is 6.10 Å². The van der Waals surface area contributed by atoms with Crippen LogP contribution in [0, 0.1) is 5.82 Å². The molecule has 0 aliphatic heterocycles. The van der Waals surface area contributed by atoms with Crippen LogP contribution < -0.4 is 0 Å². The van der Waals surface area contributed by atoms with Crippen molar-refractivity contribution < 1.29 is 13.9 Å². The smallest absolute Gasteiger partial charge is 0.151 e. The minimum absolute atomic E-state index is 0.275. The van der Waals surface area contributed by atoms with Crippen molar-refractivity contribution in [2.24, 2.45) is 0 Å². The summed E-state index contributed by atoms with van der Waals surface area (Å²) < 4.78 is 18.7. The molecule has 1 heterocycles. The van der Waals surface area contributed by atoms with Crippen LogP contribution in [0.25, 0.3) is 0 Å². The van der Waals surface area contributed by atoms with Crippen molar-refractivity contribution in [1.29, 1.82) is 0 Å². The molecule has 0 spiro atoms. The Morgan fingerprint density at radius 3 is 2.75 bits per heavy atom. The second kappa shape index (κ2) is 4.57. The maximum Gasteiger partial charge on any atom is 0.151 e. The van der Waals surface area contributed by atoms with Crippen LogP contribution in [0.5, 0.6) is 0 Å². The predicted octanol–water partition coefficient (Wildman–Crippen LogP) is 3.92. The number of furan rings is 1. The lowest BCUT2D eigenvalue weighted by Crippen LogP contribution is -2.00. The van der Waals surface area contributed by atoms with Crippen LogP contribution in [0.15, 0.2) is 39.4 Å². The quantitative estimate of drug-likeness (QED) is 0.912. The van der Waals surface area contributed by atoms with Gasteiger partial charge in [-0.25, -0.2) is 4.39 Å². The van der Waals surface area contributed by atoms with E-state index in [1.807, 2.05) is 0 Å². The average molecular weight is 306 g/mol. The van der Waals surface area contributed by atoms with Gasteiger partial charge in [-0.05, 0) is 40.2 Å². The summed E-state index contributed by atoms with van der Waals surface area (Å²) in [6.45, 7) is 0. The first-order chi connectivity index (χ1) is 7.59. The summed E-state index contributed by atoms with van der Waals surface area (Å²) in [7, 11) is 0.